The van der Waals surface area contributed by atoms with Crippen molar-refractivity contribution in [1.29, 1.82) is 0 Å². The Labute approximate surface area is 259 Å². The fourth-order valence-electron chi connectivity index (χ4n) is 6.57. The number of anilines is 3. The lowest BCUT2D eigenvalue weighted by Gasteiger charge is -2.27. The van der Waals surface area contributed by atoms with Crippen molar-refractivity contribution >= 4 is 80.9 Å². The zero-order valence-corrected chi connectivity index (χ0v) is 24.8. The number of thiophene rings is 1. The van der Waals surface area contributed by atoms with E-state index < -0.39 is 0 Å². The maximum atomic E-state index is 2.44. The molecular formula is C42H27NS. The molecule has 0 saturated heterocycles. The Balaban J connectivity index is 1.27. The lowest BCUT2D eigenvalue weighted by atomic mass is 10.0. The van der Waals surface area contributed by atoms with Crippen molar-refractivity contribution in [1.82, 2.24) is 0 Å². The Morgan fingerprint density at radius 3 is 1.73 bits per heavy atom. The third-order valence-electron chi connectivity index (χ3n) is 8.77. The molecule has 0 radical (unpaired) electrons. The van der Waals surface area contributed by atoms with Crippen LogP contribution in [-0.4, -0.2) is 0 Å². The summed E-state index contributed by atoms with van der Waals surface area (Å²) in [5, 5.41) is 10.1. The van der Waals surface area contributed by atoms with Crippen LogP contribution in [0.1, 0.15) is 0 Å². The van der Waals surface area contributed by atoms with Gasteiger partial charge in [-0.1, -0.05) is 115 Å². The van der Waals surface area contributed by atoms with Crippen LogP contribution in [0.2, 0.25) is 0 Å². The van der Waals surface area contributed by atoms with Crippen molar-refractivity contribution in [3.63, 3.8) is 0 Å². The summed E-state index contributed by atoms with van der Waals surface area (Å²) >= 11 is 1.89. The minimum Gasteiger partial charge on any atom is -0.309 e. The average molecular weight is 578 g/mol. The highest BCUT2D eigenvalue weighted by Crippen LogP contribution is 2.46. The van der Waals surface area contributed by atoms with E-state index in [1.807, 2.05) is 11.3 Å². The highest BCUT2D eigenvalue weighted by atomic mass is 32.1. The van der Waals surface area contributed by atoms with Crippen molar-refractivity contribution < 1.29 is 0 Å². The molecule has 206 valence electrons. The summed E-state index contributed by atoms with van der Waals surface area (Å²) in [6.07, 6.45) is 0. The highest BCUT2D eigenvalue weighted by molar-refractivity contribution is 7.26. The van der Waals surface area contributed by atoms with Gasteiger partial charge in [-0.3, -0.25) is 0 Å². The molecule has 0 saturated carbocycles. The standard InChI is InChI=1S/C42H27NS/c1-2-9-28(10-3-1)33-17-18-35-25-37(22-20-34(35)23-33)43(36-21-19-29-11-4-5-12-30(29)24-36)40-16-8-15-38-39-26-31-13-6-7-14-32(31)27-41(39)44-42(38)40/h1-27H. The summed E-state index contributed by atoms with van der Waals surface area (Å²) in [5.74, 6) is 0. The number of rotatable bonds is 4. The second-order valence-electron chi connectivity index (χ2n) is 11.4. The molecular weight excluding hydrogens is 551 g/mol. The minimum atomic E-state index is 1.15. The first-order valence-electron chi connectivity index (χ1n) is 15.0. The first-order chi connectivity index (χ1) is 21.8. The van der Waals surface area contributed by atoms with E-state index in [1.165, 1.54) is 69.3 Å². The van der Waals surface area contributed by atoms with Gasteiger partial charge >= 0.3 is 0 Å². The number of fused-ring (bicyclic) bond motifs is 6. The van der Waals surface area contributed by atoms with Gasteiger partial charge in [0.15, 0.2) is 0 Å². The molecule has 0 amide bonds. The molecule has 0 N–H and O–H groups in total. The maximum absolute atomic E-state index is 2.44. The Hall–Kier alpha value is -5.44. The number of nitrogens with zero attached hydrogens (tertiary/aromatic N) is 1. The Kier molecular flexibility index (Phi) is 5.75. The van der Waals surface area contributed by atoms with Crippen LogP contribution < -0.4 is 4.90 Å². The van der Waals surface area contributed by atoms with Crippen LogP contribution in [0.25, 0.3) is 63.6 Å². The average Bonchev–Trinajstić information content (AvgIpc) is 3.45. The van der Waals surface area contributed by atoms with Gasteiger partial charge in [-0.15, -0.1) is 11.3 Å². The lowest BCUT2D eigenvalue weighted by Crippen LogP contribution is -2.10. The lowest BCUT2D eigenvalue weighted by molar-refractivity contribution is 1.31. The van der Waals surface area contributed by atoms with Gasteiger partial charge in [0.25, 0.3) is 0 Å². The maximum Gasteiger partial charge on any atom is 0.0640 e. The molecule has 0 aliphatic carbocycles. The van der Waals surface area contributed by atoms with Gasteiger partial charge in [0.05, 0.1) is 10.4 Å². The van der Waals surface area contributed by atoms with Crippen LogP contribution in [0.5, 0.6) is 0 Å². The summed E-state index contributed by atoms with van der Waals surface area (Å²) in [5.41, 5.74) is 5.97. The molecule has 0 fully saturated rings. The van der Waals surface area contributed by atoms with Crippen LogP contribution in [0.3, 0.4) is 0 Å². The fourth-order valence-corrected chi connectivity index (χ4v) is 7.81. The van der Waals surface area contributed by atoms with Gasteiger partial charge in [0.1, 0.15) is 0 Å². The van der Waals surface area contributed by atoms with Gasteiger partial charge in [-0.05, 0) is 92.0 Å². The predicted octanol–water partition coefficient (Wildman–Crippen LogP) is 12.7. The van der Waals surface area contributed by atoms with E-state index in [1.54, 1.807) is 0 Å². The first kappa shape index (κ1) is 25.1. The van der Waals surface area contributed by atoms with Crippen molar-refractivity contribution in [2.75, 3.05) is 4.90 Å². The van der Waals surface area contributed by atoms with Crippen LogP contribution in [0.4, 0.5) is 17.1 Å². The normalized spacial score (nSPS) is 11.6. The fraction of sp³-hybridized carbons (Fsp3) is 0. The smallest absolute Gasteiger partial charge is 0.0640 e. The monoisotopic (exact) mass is 577 g/mol. The van der Waals surface area contributed by atoms with Crippen LogP contribution in [-0.2, 0) is 0 Å². The summed E-state index contributed by atoms with van der Waals surface area (Å²) in [7, 11) is 0. The molecule has 44 heavy (non-hydrogen) atoms. The molecule has 0 aliphatic rings. The summed E-state index contributed by atoms with van der Waals surface area (Å²) in [4.78, 5) is 2.44. The number of hydrogen-bond acceptors (Lipinski definition) is 2. The second-order valence-corrected chi connectivity index (χ2v) is 12.5. The summed E-state index contributed by atoms with van der Waals surface area (Å²) < 4.78 is 2.61. The highest BCUT2D eigenvalue weighted by Gasteiger charge is 2.19. The number of benzene rings is 8. The molecule has 1 heterocycles. The number of hydrogen-bond donors (Lipinski definition) is 0. The van der Waals surface area contributed by atoms with Gasteiger partial charge in [-0.25, -0.2) is 0 Å². The molecule has 9 aromatic rings. The predicted molar refractivity (Wildman–Crippen MR) is 192 cm³/mol. The topological polar surface area (TPSA) is 3.24 Å². The van der Waals surface area contributed by atoms with Crippen LogP contribution >= 0.6 is 11.3 Å². The van der Waals surface area contributed by atoms with Gasteiger partial charge in [0, 0.05) is 26.8 Å². The zero-order chi connectivity index (χ0) is 29.0. The van der Waals surface area contributed by atoms with Crippen molar-refractivity contribution in [3.05, 3.63) is 164 Å². The van der Waals surface area contributed by atoms with E-state index in [0.717, 1.165) is 11.4 Å². The van der Waals surface area contributed by atoms with E-state index in [0.29, 0.717) is 0 Å². The Morgan fingerprint density at radius 1 is 0.364 bits per heavy atom. The van der Waals surface area contributed by atoms with Gasteiger partial charge < -0.3 is 4.90 Å². The molecule has 0 spiro atoms. The van der Waals surface area contributed by atoms with Gasteiger partial charge in [0.2, 0.25) is 0 Å². The molecule has 0 atom stereocenters. The third kappa shape index (κ3) is 4.15. The molecule has 0 unspecified atom stereocenters. The molecule has 0 aliphatic heterocycles. The van der Waals surface area contributed by atoms with Crippen LogP contribution in [0.15, 0.2) is 164 Å². The summed E-state index contributed by atoms with van der Waals surface area (Å²) in [6.45, 7) is 0. The van der Waals surface area contributed by atoms with Crippen molar-refractivity contribution in [2.24, 2.45) is 0 Å². The van der Waals surface area contributed by atoms with E-state index in [4.69, 9.17) is 0 Å². The Morgan fingerprint density at radius 2 is 0.955 bits per heavy atom. The van der Waals surface area contributed by atoms with Crippen molar-refractivity contribution in [2.45, 2.75) is 0 Å². The largest absolute Gasteiger partial charge is 0.309 e. The molecule has 1 aromatic heterocycles. The minimum absolute atomic E-state index is 1.15. The van der Waals surface area contributed by atoms with E-state index >= 15 is 0 Å². The van der Waals surface area contributed by atoms with E-state index in [-0.39, 0.29) is 0 Å². The molecule has 0 bridgehead atoms. The van der Waals surface area contributed by atoms with E-state index in [9.17, 15) is 0 Å². The SMILES string of the molecule is c1ccc(-c2ccc3cc(N(c4ccc5ccccc5c4)c4cccc5c4sc4cc6ccccc6cc45)ccc3c2)cc1. The van der Waals surface area contributed by atoms with Gasteiger partial charge in [-0.2, -0.15) is 0 Å². The van der Waals surface area contributed by atoms with Crippen LogP contribution in [0, 0.1) is 0 Å². The zero-order valence-electron chi connectivity index (χ0n) is 23.9. The molecule has 1 nitrogen and oxygen atoms in total. The quantitative estimate of drug-likeness (QED) is 0.201. The third-order valence-corrected chi connectivity index (χ3v) is 9.96. The molecule has 9 rings (SSSR count). The van der Waals surface area contributed by atoms with Crippen molar-refractivity contribution in [3.8, 4) is 11.1 Å². The first-order valence-corrected chi connectivity index (χ1v) is 15.8. The summed E-state index contributed by atoms with van der Waals surface area (Å²) in [6, 6.07) is 59.8. The van der Waals surface area contributed by atoms with E-state index in [2.05, 4.69) is 169 Å². The Bertz CT molecular complexity index is 2510. The second kappa shape index (κ2) is 10.1. The molecule has 2 heteroatoms. The molecule has 8 aromatic carbocycles.